The third kappa shape index (κ3) is 2.03. The molecule has 4 nitrogen and oxygen atoms in total. The molecule has 0 spiro atoms. The molecule has 0 aromatic carbocycles. The lowest BCUT2D eigenvalue weighted by Gasteiger charge is -2.24. The predicted molar refractivity (Wildman–Crippen MR) is 69.4 cm³/mol. The molecule has 2 fully saturated rings. The Hall–Kier alpha value is -1.13. The molecule has 2 saturated heterocycles. The van der Waals surface area contributed by atoms with Gasteiger partial charge in [0.05, 0.1) is 17.6 Å². The summed E-state index contributed by atoms with van der Waals surface area (Å²) in [6, 6.07) is 0. The van der Waals surface area contributed by atoms with Crippen LogP contribution in [0.2, 0.25) is 0 Å². The SMILES string of the molecule is C=C1C(=O)O[C@H]2[C@H]1[C@H](O)C/C(C)=C/CC[C@@]1(C)O[C@@H]21. The summed E-state index contributed by atoms with van der Waals surface area (Å²) < 4.78 is 11.2. The van der Waals surface area contributed by atoms with Crippen molar-refractivity contribution in [2.45, 2.75) is 57.0 Å². The van der Waals surface area contributed by atoms with Crippen molar-refractivity contribution in [1.29, 1.82) is 0 Å². The first-order chi connectivity index (χ1) is 8.92. The highest BCUT2D eigenvalue weighted by Crippen LogP contribution is 2.49. The largest absolute Gasteiger partial charge is 0.455 e. The first kappa shape index (κ1) is 12.9. The Morgan fingerprint density at radius 2 is 2.26 bits per heavy atom. The standard InChI is InChI=1S/C15H20O4/c1-8-5-4-6-15(3)13(19-15)12-11(10(16)7-8)9(2)14(17)18-12/h5,10-13,16H,2,4,6-7H2,1,3H3/b8-5+/t10-,11-,12+,13+,15-/m1/s1. The number of rotatable bonds is 0. The number of fused-ring (bicyclic) bond motifs is 3. The van der Waals surface area contributed by atoms with Gasteiger partial charge in [-0.1, -0.05) is 18.2 Å². The zero-order chi connectivity index (χ0) is 13.8. The van der Waals surface area contributed by atoms with Crippen molar-refractivity contribution in [3.8, 4) is 0 Å². The molecule has 1 N–H and O–H groups in total. The lowest BCUT2D eigenvalue weighted by atomic mass is 9.82. The molecule has 3 rings (SSSR count). The smallest absolute Gasteiger partial charge is 0.334 e. The fourth-order valence-corrected chi connectivity index (χ4v) is 3.33. The zero-order valence-corrected chi connectivity index (χ0v) is 11.4. The van der Waals surface area contributed by atoms with Gasteiger partial charge in [-0.15, -0.1) is 0 Å². The van der Waals surface area contributed by atoms with Crippen molar-refractivity contribution in [2.75, 3.05) is 0 Å². The van der Waals surface area contributed by atoms with Crippen LogP contribution < -0.4 is 0 Å². The normalized spacial score (nSPS) is 48.7. The molecule has 19 heavy (non-hydrogen) atoms. The molecular formula is C15H20O4. The molecule has 0 unspecified atom stereocenters. The van der Waals surface area contributed by atoms with Crippen LogP contribution in [0.15, 0.2) is 23.8 Å². The van der Waals surface area contributed by atoms with Gasteiger partial charge in [0.15, 0.2) is 0 Å². The second kappa shape index (κ2) is 4.18. The van der Waals surface area contributed by atoms with Crippen LogP contribution in [0.4, 0.5) is 0 Å². The summed E-state index contributed by atoms with van der Waals surface area (Å²) in [7, 11) is 0. The Balaban J connectivity index is 1.93. The summed E-state index contributed by atoms with van der Waals surface area (Å²) in [4.78, 5) is 11.7. The Morgan fingerprint density at radius 1 is 1.53 bits per heavy atom. The lowest BCUT2D eigenvalue weighted by Crippen LogP contribution is -2.35. The van der Waals surface area contributed by atoms with Crippen LogP contribution in [0.25, 0.3) is 0 Å². The van der Waals surface area contributed by atoms with Gasteiger partial charge in [0.25, 0.3) is 0 Å². The average Bonchev–Trinajstić information content (AvgIpc) is 2.89. The quantitative estimate of drug-likeness (QED) is 0.313. The molecule has 0 amide bonds. The molecule has 2 heterocycles. The van der Waals surface area contributed by atoms with Gasteiger partial charge in [-0.05, 0) is 33.1 Å². The minimum absolute atomic E-state index is 0.109. The second-order valence-corrected chi connectivity index (χ2v) is 6.13. The molecule has 0 radical (unpaired) electrons. The molecule has 3 aliphatic rings. The highest BCUT2D eigenvalue weighted by Gasteiger charge is 2.62. The van der Waals surface area contributed by atoms with E-state index in [1.165, 1.54) is 0 Å². The van der Waals surface area contributed by atoms with Gasteiger partial charge in [-0.25, -0.2) is 4.79 Å². The molecule has 104 valence electrons. The van der Waals surface area contributed by atoms with E-state index in [2.05, 4.69) is 12.7 Å². The number of carbonyl (C=O) groups is 1. The Bertz CT molecular complexity index is 467. The summed E-state index contributed by atoms with van der Waals surface area (Å²) in [6.45, 7) is 7.84. The van der Waals surface area contributed by atoms with E-state index >= 15 is 0 Å². The Labute approximate surface area is 113 Å². The fourth-order valence-electron chi connectivity index (χ4n) is 3.33. The summed E-state index contributed by atoms with van der Waals surface area (Å²) in [5.41, 5.74) is 1.28. The highest BCUT2D eigenvalue weighted by molar-refractivity contribution is 5.91. The number of ether oxygens (including phenoxy) is 2. The number of aliphatic hydroxyl groups is 1. The van der Waals surface area contributed by atoms with Crippen LogP contribution in [0, 0.1) is 5.92 Å². The third-order valence-electron chi connectivity index (χ3n) is 4.58. The first-order valence-electron chi connectivity index (χ1n) is 6.84. The van der Waals surface area contributed by atoms with Crippen molar-refractivity contribution in [3.05, 3.63) is 23.8 Å². The van der Waals surface area contributed by atoms with Crippen molar-refractivity contribution in [3.63, 3.8) is 0 Å². The molecule has 0 saturated carbocycles. The van der Waals surface area contributed by atoms with Gasteiger partial charge in [-0.3, -0.25) is 0 Å². The number of epoxide rings is 1. The molecule has 5 atom stereocenters. The van der Waals surface area contributed by atoms with Gasteiger partial charge in [0.1, 0.15) is 12.2 Å². The average molecular weight is 264 g/mol. The predicted octanol–water partition coefficient (Wildman–Crippen LogP) is 1.73. The summed E-state index contributed by atoms with van der Waals surface area (Å²) in [5, 5.41) is 10.4. The van der Waals surface area contributed by atoms with E-state index in [0.29, 0.717) is 12.0 Å². The molecule has 4 heteroatoms. The van der Waals surface area contributed by atoms with E-state index in [0.717, 1.165) is 18.4 Å². The van der Waals surface area contributed by atoms with Gasteiger partial charge >= 0.3 is 5.97 Å². The van der Waals surface area contributed by atoms with Crippen molar-refractivity contribution < 1.29 is 19.4 Å². The topological polar surface area (TPSA) is 59.1 Å². The number of hydrogen-bond acceptors (Lipinski definition) is 4. The minimum Gasteiger partial charge on any atom is -0.455 e. The summed E-state index contributed by atoms with van der Waals surface area (Å²) in [5.74, 6) is -0.742. The third-order valence-corrected chi connectivity index (χ3v) is 4.58. The van der Waals surface area contributed by atoms with E-state index < -0.39 is 12.1 Å². The van der Waals surface area contributed by atoms with Gasteiger partial charge in [0.2, 0.25) is 0 Å². The number of esters is 1. The maximum Gasteiger partial charge on any atom is 0.334 e. The van der Waals surface area contributed by atoms with E-state index in [-0.39, 0.29) is 23.7 Å². The van der Waals surface area contributed by atoms with Crippen LogP contribution in [-0.4, -0.2) is 35.0 Å². The minimum atomic E-state index is -0.633. The summed E-state index contributed by atoms with van der Waals surface area (Å²) in [6.07, 6.45) is 3.42. The zero-order valence-electron chi connectivity index (χ0n) is 11.4. The second-order valence-electron chi connectivity index (χ2n) is 6.13. The van der Waals surface area contributed by atoms with E-state index in [9.17, 15) is 9.90 Å². The van der Waals surface area contributed by atoms with Crippen LogP contribution in [0.3, 0.4) is 0 Å². The van der Waals surface area contributed by atoms with Crippen LogP contribution in [0.1, 0.15) is 33.1 Å². The molecule has 0 aromatic heterocycles. The Morgan fingerprint density at radius 3 is 3.00 bits per heavy atom. The molecule has 1 aliphatic carbocycles. The van der Waals surface area contributed by atoms with Crippen LogP contribution >= 0.6 is 0 Å². The van der Waals surface area contributed by atoms with E-state index in [1.54, 1.807) is 0 Å². The molecular weight excluding hydrogens is 244 g/mol. The fraction of sp³-hybridized carbons (Fsp3) is 0.667. The first-order valence-corrected chi connectivity index (χ1v) is 6.84. The summed E-state index contributed by atoms with van der Waals surface area (Å²) >= 11 is 0. The number of hydrogen-bond donors (Lipinski definition) is 1. The van der Waals surface area contributed by atoms with Crippen LogP contribution in [0.5, 0.6) is 0 Å². The molecule has 2 aliphatic heterocycles. The maximum absolute atomic E-state index is 11.7. The number of carbonyl (C=O) groups excluding carboxylic acids is 1. The lowest BCUT2D eigenvalue weighted by molar-refractivity contribution is -0.140. The molecule has 0 aromatic rings. The van der Waals surface area contributed by atoms with E-state index in [4.69, 9.17) is 9.47 Å². The Kier molecular flexibility index (Phi) is 2.84. The van der Waals surface area contributed by atoms with Crippen LogP contribution in [-0.2, 0) is 14.3 Å². The van der Waals surface area contributed by atoms with Crippen molar-refractivity contribution >= 4 is 5.97 Å². The van der Waals surface area contributed by atoms with Gasteiger partial charge in [-0.2, -0.15) is 0 Å². The van der Waals surface area contributed by atoms with E-state index in [1.807, 2.05) is 13.8 Å². The van der Waals surface area contributed by atoms with Crippen molar-refractivity contribution in [1.82, 2.24) is 0 Å². The van der Waals surface area contributed by atoms with Gasteiger partial charge in [0, 0.05) is 5.57 Å². The highest BCUT2D eigenvalue weighted by atomic mass is 16.6. The number of allylic oxidation sites excluding steroid dienone is 1. The van der Waals surface area contributed by atoms with Crippen molar-refractivity contribution in [2.24, 2.45) is 5.92 Å². The van der Waals surface area contributed by atoms with Gasteiger partial charge < -0.3 is 14.6 Å². The number of aliphatic hydroxyl groups excluding tert-OH is 1. The maximum atomic E-state index is 11.7. The monoisotopic (exact) mass is 264 g/mol. The molecule has 0 bridgehead atoms.